The Morgan fingerprint density at radius 3 is 2.47 bits per heavy atom. The lowest BCUT2D eigenvalue weighted by atomic mass is 9.87. The van der Waals surface area contributed by atoms with Gasteiger partial charge < -0.3 is 15.2 Å². The monoisotopic (exact) mass is 431 g/mol. The van der Waals surface area contributed by atoms with Gasteiger partial charge in [-0.15, -0.1) is 0 Å². The first-order valence-electron chi connectivity index (χ1n) is 10.6. The third kappa shape index (κ3) is 4.99. The number of amides is 1. The van der Waals surface area contributed by atoms with Crippen molar-refractivity contribution in [3.63, 3.8) is 0 Å². The van der Waals surface area contributed by atoms with E-state index in [2.05, 4.69) is 37.0 Å². The Morgan fingerprint density at radius 1 is 1.25 bits per heavy atom. The first-order chi connectivity index (χ1) is 15.2. The molecular weight excluding hydrogens is 398 g/mol. The highest BCUT2D eigenvalue weighted by Crippen LogP contribution is 2.36. The van der Waals surface area contributed by atoms with Crippen molar-refractivity contribution in [2.24, 2.45) is 5.92 Å². The molecule has 0 aliphatic carbocycles. The van der Waals surface area contributed by atoms with Gasteiger partial charge in [-0.25, -0.2) is 0 Å². The average molecular weight is 432 g/mol. The summed E-state index contributed by atoms with van der Waals surface area (Å²) in [6.07, 6.45) is 11.0. The van der Waals surface area contributed by atoms with Crippen LogP contribution in [0.2, 0.25) is 0 Å². The minimum absolute atomic E-state index is 0.0443. The van der Waals surface area contributed by atoms with E-state index >= 15 is 0 Å². The Hall–Kier alpha value is -3.60. The van der Waals surface area contributed by atoms with Gasteiger partial charge >= 0.3 is 0 Å². The topological polar surface area (TPSA) is 65.2 Å². The zero-order valence-electron chi connectivity index (χ0n) is 19.7. The number of aromatic amines is 1. The molecule has 0 spiro atoms. The summed E-state index contributed by atoms with van der Waals surface area (Å²) >= 11 is 0. The maximum Gasteiger partial charge on any atom is 0.253 e. The van der Waals surface area contributed by atoms with Crippen molar-refractivity contribution < 1.29 is 4.79 Å². The first kappa shape index (κ1) is 24.7. The second-order valence-electron chi connectivity index (χ2n) is 7.79. The van der Waals surface area contributed by atoms with Crippen molar-refractivity contribution in [2.45, 2.75) is 41.2 Å². The summed E-state index contributed by atoms with van der Waals surface area (Å²) in [5.74, 6) is -0.278. The van der Waals surface area contributed by atoms with Crippen LogP contribution in [0.15, 0.2) is 95.3 Å². The van der Waals surface area contributed by atoms with Crippen molar-refractivity contribution in [3.05, 3.63) is 118 Å². The SMILES string of the molecule is C=C/C=C(\C=C)C(C)C1=C(C)C(C(=O)NCc2c(C)cc(C)[nH]c2=O)=C/C(=C/C)N1C=C. The Labute approximate surface area is 190 Å². The van der Waals surface area contributed by atoms with E-state index in [9.17, 15) is 9.59 Å². The lowest BCUT2D eigenvalue weighted by Crippen LogP contribution is -2.33. The molecule has 0 fully saturated rings. The number of nitrogens with one attached hydrogen (secondary N) is 2. The van der Waals surface area contributed by atoms with Crippen LogP contribution >= 0.6 is 0 Å². The third-order valence-electron chi connectivity index (χ3n) is 5.72. The number of carbonyl (C=O) groups is 1. The largest absolute Gasteiger partial charge is 0.348 e. The standard InChI is InChI=1S/C27H33N3O2/c1-9-13-21(10-2)19(7)25-20(8)23(15-22(11-3)30(25)12-4)26(31)28-16-24-17(5)14-18(6)29-27(24)32/h9-15,19H,1-2,4,16H2,3,5-8H3,(H,28,31)(H,29,32)/b21-13+,22-11-. The van der Waals surface area contributed by atoms with Crippen molar-refractivity contribution in [1.82, 2.24) is 15.2 Å². The van der Waals surface area contributed by atoms with Gasteiger partial charge in [-0.1, -0.05) is 51.0 Å². The van der Waals surface area contributed by atoms with Crippen molar-refractivity contribution >= 4 is 5.91 Å². The van der Waals surface area contributed by atoms with Crippen LogP contribution in [0.5, 0.6) is 0 Å². The van der Waals surface area contributed by atoms with Gasteiger partial charge in [-0.3, -0.25) is 9.59 Å². The Kier molecular flexibility index (Phi) is 8.19. The van der Waals surface area contributed by atoms with Crippen LogP contribution in [-0.2, 0) is 11.3 Å². The summed E-state index contributed by atoms with van der Waals surface area (Å²) in [4.78, 5) is 30.3. The molecule has 2 N–H and O–H groups in total. The molecule has 1 aromatic rings. The first-order valence-corrected chi connectivity index (χ1v) is 10.6. The van der Waals surface area contributed by atoms with Crippen LogP contribution in [0.4, 0.5) is 0 Å². The normalized spacial score (nSPS) is 16.5. The van der Waals surface area contributed by atoms with Crippen molar-refractivity contribution in [2.75, 3.05) is 0 Å². The highest BCUT2D eigenvalue weighted by molar-refractivity contribution is 5.98. The van der Waals surface area contributed by atoms with Gasteiger partial charge in [0, 0.05) is 46.9 Å². The molecule has 2 rings (SSSR count). The number of aromatic nitrogens is 1. The van der Waals surface area contributed by atoms with Gasteiger partial charge in [0.25, 0.3) is 11.5 Å². The Bertz CT molecular complexity index is 1130. The highest BCUT2D eigenvalue weighted by atomic mass is 16.2. The number of pyridine rings is 1. The molecule has 0 bridgehead atoms. The predicted octanol–water partition coefficient (Wildman–Crippen LogP) is 5.11. The molecule has 0 saturated heterocycles. The number of aryl methyl sites for hydroxylation is 2. The molecule has 1 atom stereocenters. The molecule has 1 aliphatic rings. The molecule has 2 heterocycles. The van der Waals surface area contributed by atoms with Crippen molar-refractivity contribution in [1.29, 1.82) is 0 Å². The van der Waals surface area contributed by atoms with E-state index in [4.69, 9.17) is 0 Å². The quantitative estimate of drug-likeness (QED) is 0.563. The third-order valence-corrected chi connectivity index (χ3v) is 5.72. The van der Waals surface area contributed by atoms with E-state index in [-0.39, 0.29) is 23.9 Å². The van der Waals surface area contributed by atoms with E-state index in [1.54, 1.807) is 18.4 Å². The maximum atomic E-state index is 13.2. The van der Waals surface area contributed by atoms with Crippen LogP contribution in [-0.4, -0.2) is 15.8 Å². The van der Waals surface area contributed by atoms with E-state index in [1.165, 1.54) is 0 Å². The van der Waals surface area contributed by atoms with Crippen molar-refractivity contribution in [3.8, 4) is 0 Å². The number of H-pyrrole nitrogens is 1. The van der Waals surface area contributed by atoms with Crippen LogP contribution in [0.25, 0.3) is 0 Å². The fraction of sp³-hybridized carbons (Fsp3) is 0.259. The average Bonchev–Trinajstić information content (AvgIpc) is 2.75. The van der Waals surface area contributed by atoms with Gasteiger partial charge in [0.1, 0.15) is 0 Å². The van der Waals surface area contributed by atoms with E-state index < -0.39 is 0 Å². The predicted molar refractivity (Wildman–Crippen MR) is 133 cm³/mol. The summed E-state index contributed by atoms with van der Waals surface area (Å²) in [7, 11) is 0. The fourth-order valence-electron chi connectivity index (χ4n) is 4.03. The number of allylic oxidation sites excluding steroid dienone is 6. The summed E-state index contributed by atoms with van der Waals surface area (Å²) in [6, 6.07) is 1.90. The van der Waals surface area contributed by atoms with Crippen LogP contribution < -0.4 is 10.9 Å². The lowest BCUT2D eigenvalue weighted by Gasteiger charge is -2.35. The summed E-state index contributed by atoms with van der Waals surface area (Å²) < 4.78 is 0. The van der Waals surface area contributed by atoms with Gasteiger partial charge in [-0.2, -0.15) is 0 Å². The zero-order valence-corrected chi connectivity index (χ0v) is 19.7. The molecule has 5 nitrogen and oxygen atoms in total. The molecule has 1 aliphatic heterocycles. The minimum atomic E-state index is -0.234. The van der Waals surface area contributed by atoms with E-state index in [0.29, 0.717) is 11.1 Å². The van der Waals surface area contributed by atoms with E-state index in [1.807, 2.05) is 56.9 Å². The van der Waals surface area contributed by atoms with Crippen LogP contribution in [0.3, 0.4) is 0 Å². The molecule has 168 valence electrons. The Balaban J connectivity index is 2.47. The number of nitrogens with zero attached hydrogens (tertiary/aromatic N) is 1. The van der Waals surface area contributed by atoms with Crippen LogP contribution in [0, 0.1) is 19.8 Å². The molecule has 0 aromatic carbocycles. The molecule has 1 aromatic heterocycles. The summed E-state index contributed by atoms with van der Waals surface area (Å²) in [5, 5.41) is 2.92. The summed E-state index contributed by atoms with van der Waals surface area (Å²) in [6.45, 7) is 21.5. The number of rotatable bonds is 8. The molecule has 0 radical (unpaired) electrons. The van der Waals surface area contributed by atoms with E-state index in [0.717, 1.165) is 33.8 Å². The zero-order chi connectivity index (χ0) is 24.0. The molecule has 1 unspecified atom stereocenters. The van der Waals surface area contributed by atoms with Gasteiger partial charge in [0.05, 0.1) is 0 Å². The molecular formula is C27H33N3O2. The number of carbonyl (C=O) groups excluding carboxylic acids is 1. The molecule has 32 heavy (non-hydrogen) atoms. The number of hydrogen-bond donors (Lipinski definition) is 2. The molecule has 5 heteroatoms. The lowest BCUT2D eigenvalue weighted by molar-refractivity contribution is -0.117. The maximum absolute atomic E-state index is 13.2. The second-order valence-corrected chi connectivity index (χ2v) is 7.79. The Morgan fingerprint density at radius 2 is 1.94 bits per heavy atom. The highest BCUT2D eigenvalue weighted by Gasteiger charge is 2.29. The molecule has 1 amide bonds. The fourth-order valence-corrected chi connectivity index (χ4v) is 4.03. The van der Waals surface area contributed by atoms with Gasteiger partial charge in [0.2, 0.25) is 0 Å². The smallest absolute Gasteiger partial charge is 0.253 e. The van der Waals surface area contributed by atoms with Gasteiger partial charge in [-0.05, 0) is 56.5 Å². The summed E-state index contributed by atoms with van der Waals surface area (Å²) in [5.41, 5.74) is 6.19. The number of hydrogen-bond acceptors (Lipinski definition) is 3. The van der Waals surface area contributed by atoms with Gasteiger partial charge in [0.15, 0.2) is 0 Å². The molecule has 0 saturated carbocycles. The second kappa shape index (κ2) is 10.6. The van der Waals surface area contributed by atoms with Crippen LogP contribution in [0.1, 0.15) is 37.6 Å². The minimum Gasteiger partial charge on any atom is -0.348 e.